The highest BCUT2D eigenvalue weighted by molar-refractivity contribution is 5.88. The molecule has 0 aromatic rings. The maximum Gasteiger partial charge on any atom is 0.333 e. The van der Waals surface area contributed by atoms with Crippen molar-refractivity contribution in [2.75, 3.05) is 13.7 Å². The minimum absolute atomic E-state index is 0.0356. The van der Waals surface area contributed by atoms with Gasteiger partial charge in [-0.2, -0.15) is 0 Å². The van der Waals surface area contributed by atoms with Gasteiger partial charge in [-0.3, -0.25) is 4.79 Å². The van der Waals surface area contributed by atoms with Crippen molar-refractivity contribution in [1.29, 1.82) is 0 Å². The second-order valence-electron chi connectivity index (χ2n) is 6.90. The van der Waals surface area contributed by atoms with Crippen LogP contribution in [-0.4, -0.2) is 36.5 Å². The first kappa shape index (κ1) is 20.4. The second-order valence-corrected chi connectivity index (χ2v) is 6.90. The third kappa shape index (κ3) is 5.66. The van der Waals surface area contributed by atoms with Crippen LogP contribution in [-0.2, 0) is 14.3 Å². The van der Waals surface area contributed by atoms with Crippen LogP contribution in [0.25, 0.3) is 0 Å². The van der Waals surface area contributed by atoms with Gasteiger partial charge >= 0.3 is 5.97 Å². The smallest absolute Gasteiger partial charge is 0.333 e. The number of esters is 1. The molecule has 22 heavy (non-hydrogen) atoms. The molecule has 0 heterocycles. The van der Waals surface area contributed by atoms with Gasteiger partial charge in [-0.15, -0.1) is 0 Å². The summed E-state index contributed by atoms with van der Waals surface area (Å²) in [5.41, 5.74) is 1.17. The summed E-state index contributed by atoms with van der Waals surface area (Å²) in [5, 5.41) is 0. The van der Waals surface area contributed by atoms with Crippen LogP contribution in [0, 0.1) is 11.3 Å². The molecule has 0 aromatic carbocycles. The van der Waals surface area contributed by atoms with E-state index < -0.39 is 0 Å². The zero-order valence-corrected chi connectivity index (χ0v) is 15.3. The molecule has 0 saturated carbocycles. The summed E-state index contributed by atoms with van der Waals surface area (Å²) in [6.07, 6.45) is 1.74. The summed E-state index contributed by atoms with van der Waals surface area (Å²) in [6.45, 7) is 17.6. The first-order valence-corrected chi connectivity index (χ1v) is 7.71. The minimum Gasteiger partial charge on any atom is -0.463 e. The fraction of sp³-hybridized carbons (Fsp3) is 0.667. The van der Waals surface area contributed by atoms with Crippen LogP contribution in [0.2, 0.25) is 0 Å². The van der Waals surface area contributed by atoms with Gasteiger partial charge in [0.05, 0.1) is 12.6 Å². The second kappa shape index (κ2) is 8.16. The first-order chi connectivity index (χ1) is 9.93. The maximum atomic E-state index is 12.7. The summed E-state index contributed by atoms with van der Waals surface area (Å²) in [7, 11) is 1.75. The molecule has 2 atom stereocenters. The van der Waals surface area contributed by atoms with Crippen molar-refractivity contribution in [2.45, 2.75) is 54.5 Å². The van der Waals surface area contributed by atoms with Crippen LogP contribution in [0.3, 0.4) is 0 Å². The average Bonchev–Trinajstić information content (AvgIpc) is 2.40. The summed E-state index contributed by atoms with van der Waals surface area (Å²) < 4.78 is 4.99. The third-order valence-corrected chi connectivity index (χ3v) is 3.94. The lowest BCUT2D eigenvalue weighted by Crippen LogP contribution is -2.43. The van der Waals surface area contributed by atoms with Gasteiger partial charge in [-0.05, 0) is 32.3 Å². The van der Waals surface area contributed by atoms with E-state index in [9.17, 15) is 9.59 Å². The van der Waals surface area contributed by atoms with Gasteiger partial charge in [0.1, 0.15) is 0 Å². The molecule has 0 bridgehead atoms. The summed E-state index contributed by atoms with van der Waals surface area (Å²) in [4.78, 5) is 26.1. The van der Waals surface area contributed by atoms with Crippen LogP contribution in [0.15, 0.2) is 23.8 Å². The standard InChI is InChI=1S/C18H31NO3/c1-10-22-17(21)13(4)11-15(12(2)3)19(9)16(20)14(5)18(6,7)8/h11,14-15H,2,10H2,1,3-9H3/b13-11+/t14-,15-/m1/s1. The topological polar surface area (TPSA) is 46.6 Å². The SMILES string of the molecule is C=C(C)[C@@H](/C=C(\C)C(=O)OCC)N(C)C(=O)[C@@H](C)C(C)(C)C. The molecule has 0 fully saturated rings. The van der Waals surface area contributed by atoms with Gasteiger partial charge in [0, 0.05) is 18.5 Å². The van der Waals surface area contributed by atoms with Crippen molar-refractivity contribution in [2.24, 2.45) is 11.3 Å². The molecule has 0 aliphatic carbocycles. The van der Waals surface area contributed by atoms with Crippen molar-refractivity contribution in [3.05, 3.63) is 23.8 Å². The number of rotatable bonds is 6. The minimum atomic E-state index is -0.363. The number of ether oxygens (including phenoxy) is 1. The lowest BCUT2D eigenvalue weighted by atomic mass is 9.81. The molecule has 0 radical (unpaired) electrons. The zero-order valence-electron chi connectivity index (χ0n) is 15.3. The van der Waals surface area contributed by atoms with Crippen molar-refractivity contribution in [1.82, 2.24) is 4.90 Å². The fourth-order valence-corrected chi connectivity index (χ4v) is 1.95. The predicted octanol–water partition coefficient (Wildman–Crippen LogP) is 3.58. The monoisotopic (exact) mass is 309 g/mol. The van der Waals surface area contributed by atoms with Crippen LogP contribution in [0.1, 0.15) is 48.5 Å². The number of likely N-dealkylation sites (N-methyl/N-ethyl adjacent to an activating group) is 1. The lowest BCUT2D eigenvalue weighted by molar-refractivity contribution is -0.139. The number of amides is 1. The maximum absolute atomic E-state index is 12.7. The Hall–Kier alpha value is -1.58. The Morgan fingerprint density at radius 3 is 2.14 bits per heavy atom. The largest absolute Gasteiger partial charge is 0.463 e. The van der Waals surface area contributed by atoms with E-state index >= 15 is 0 Å². The fourth-order valence-electron chi connectivity index (χ4n) is 1.95. The molecule has 1 amide bonds. The van der Waals surface area contributed by atoms with E-state index in [-0.39, 0.29) is 29.3 Å². The number of carbonyl (C=O) groups excluding carboxylic acids is 2. The molecule has 0 aliphatic heterocycles. The molecule has 4 heteroatoms. The molecule has 0 saturated heterocycles. The van der Waals surface area contributed by atoms with Crippen molar-refractivity contribution < 1.29 is 14.3 Å². The molecular formula is C18H31NO3. The van der Waals surface area contributed by atoms with Gasteiger partial charge < -0.3 is 9.64 Å². The van der Waals surface area contributed by atoms with Crippen LogP contribution in [0.4, 0.5) is 0 Å². The van der Waals surface area contributed by atoms with E-state index in [4.69, 9.17) is 4.74 Å². The molecule has 4 nitrogen and oxygen atoms in total. The molecule has 0 aliphatic rings. The number of hydrogen-bond acceptors (Lipinski definition) is 3. The van der Waals surface area contributed by atoms with Gasteiger partial charge in [-0.1, -0.05) is 39.8 Å². The van der Waals surface area contributed by atoms with Gasteiger partial charge in [-0.25, -0.2) is 4.79 Å². The molecular weight excluding hydrogens is 278 g/mol. The van der Waals surface area contributed by atoms with Crippen molar-refractivity contribution in [3.63, 3.8) is 0 Å². The normalized spacial score (nSPS) is 15.0. The predicted molar refractivity (Wildman–Crippen MR) is 90.4 cm³/mol. The molecule has 0 spiro atoms. The number of hydrogen-bond donors (Lipinski definition) is 0. The Bertz CT molecular complexity index is 457. The van der Waals surface area contributed by atoms with Crippen molar-refractivity contribution in [3.8, 4) is 0 Å². The van der Waals surface area contributed by atoms with Crippen LogP contribution >= 0.6 is 0 Å². The Balaban J connectivity index is 5.35. The highest BCUT2D eigenvalue weighted by Gasteiger charge is 2.31. The highest BCUT2D eigenvalue weighted by Crippen LogP contribution is 2.28. The zero-order chi connectivity index (χ0) is 17.7. The number of nitrogens with zero attached hydrogens (tertiary/aromatic N) is 1. The molecule has 0 aromatic heterocycles. The van der Waals surface area contributed by atoms with E-state index in [1.165, 1.54) is 0 Å². The van der Waals surface area contributed by atoms with E-state index in [1.807, 2.05) is 34.6 Å². The van der Waals surface area contributed by atoms with Crippen LogP contribution < -0.4 is 0 Å². The van der Waals surface area contributed by atoms with E-state index in [2.05, 4.69) is 6.58 Å². The van der Waals surface area contributed by atoms with E-state index in [1.54, 1.807) is 31.9 Å². The first-order valence-electron chi connectivity index (χ1n) is 7.71. The molecule has 0 N–H and O–H groups in total. The van der Waals surface area contributed by atoms with E-state index in [0.717, 1.165) is 5.57 Å². The molecule has 126 valence electrons. The van der Waals surface area contributed by atoms with E-state index in [0.29, 0.717) is 12.2 Å². The Morgan fingerprint density at radius 1 is 1.27 bits per heavy atom. The quantitative estimate of drug-likeness (QED) is 0.428. The Morgan fingerprint density at radius 2 is 1.77 bits per heavy atom. The van der Waals surface area contributed by atoms with Crippen molar-refractivity contribution >= 4 is 11.9 Å². The van der Waals surface area contributed by atoms with Gasteiger partial charge in [0.25, 0.3) is 0 Å². The number of carbonyl (C=O) groups is 2. The van der Waals surface area contributed by atoms with Gasteiger partial charge in [0.15, 0.2) is 0 Å². The molecule has 0 unspecified atom stereocenters. The molecule has 0 rings (SSSR count). The Kier molecular flexibility index (Phi) is 7.57. The Labute approximate surface area is 135 Å². The lowest BCUT2D eigenvalue weighted by Gasteiger charge is -2.34. The third-order valence-electron chi connectivity index (χ3n) is 3.94. The highest BCUT2D eigenvalue weighted by atomic mass is 16.5. The summed E-state index contributed by atoms with van der Waals surface area (Å²) >= 11 is 0. The summed E-state index contributed by atoms with van der Waals surface area (Å²) in [5.74, 6) is -0.456. The average molecular weight is 309 g/mol. The summed E-state index contributed by atoms with van der Waals surface area (Å²) in [6, 6.07) is -0.318. The van der Waals surface area contributed by atoms with Crippen LogP contribution in [0.5, 0.6) is 0 Å². The van der Waals surface area contributed by atoms with Gasteiger partial charge in [0.2, 0.25) is 5.91 Å².